The number of nitrogens with zero attached hydrogens (tertiary/aromatic N) is 1. The summed E-state index contributed by atoms with van der Waals surface area (Å²) >= 11 is 6.30. The Morgan fingerprint density at radius 2 is 1.64 bits per heavy atom. The van der Waals surface area contributed by atoms with E-state index in [9.17, 15) is 0 Å². The van der Waals surface area contributed by atoms with Crippen molar-refractivity contribution in [2.24, 2.45) is 0 Å². The van der Waals surface area contributed by atoms with Gasteiger partial charge < -0.3 is 13.8 Å². The number of hydrogen-bond donors (Lipinski definition) is 0. The van der Waals surface area contributed by atoms with Gasteiger partial charge in [-0.3, -0.25) is 0 Å². The molecule has 1 aliphatic heterocycles. The van der Waals surface area contributed by atoms with Crippen LogP contribution >= 0.6 is 11.6 Å². The van der Waals surface area contributed by atoms with Gasteiger partial charge in [0.2, 0.25) is 0 Å². The van der Waals surface area contributed by atoms with Crippen LogP contribution in [0.4, 0.5) is 0 Å². The predicted molar refractivity (Wildman–Crippen MR) is 87.4 cm³/mol. The molecule has 0 spiro atoms. The minimum Gasteiger partial charge on any atom is -0.399 e. The van der Waals surface area contributed by atoms with Gasteiger partial charge >= 0.3 is 7.12 Å². The molecular weight excluding hydrogens is 300 g/mol. The summed E-state index contributed by atoms with van der Waals surface area (Å²) in [6, 6.07) is 7.54. The standard InChI is InChI=1S/C16H19BClNO3/c1-10-13(17-21-15(2,3)16(4,5)22-17)14(19-20-10)11-8-6-7-9-12(11)18/h6-9H,1-5H3. The van der Waals surface area contributed by atoms with E-state index in [1.165, 1.54) is 0 Å². The Kier molecular flexibility index (Phi) is 3.63. The highest BCUT2D eigenvalue weighted by atomic mass is 35.5. The fourth-order valence-corrected chi connectivity index (χ4v) is 2.69. The number of aromatic nitrogens is 1. The normalized spacial score (nSPS) is 19.6. The highest BCUT2D eigenvalue weighted by Gasteiger charge is 2.53. The molecule has 1 saturated heterocycles. The van der Waals surface area contributed by atoms with Crippen LogP contribution in [0.15, 0.2) is 28.8 Å². The maximum Gasteiger partial charge on any atom is 0.500 e. The van der Waals surface area contributed by atoms with Crippen molar-refractivity contribution in [3.63, 3.8) is 0 Å². The summed E-state index contributed by atoms with van der Waals surface area (Å²) in [5.74, 6) is 0.674. The van der Waals surface area contributed by atoms with Crippen molar-refractivity contribution in [2.75, 3.05) is 0 Å². The quantitative estimate of drug-likeness (QED) is 0.793. The molecule has 6 heteroatoms. The van der Waals surface area contributed by atoms with E-state index in [0.29, 0.717) is 16.5 Å². The van der Waals surface area contributed by atoms with Gasteiger partial charge in [-0.2, -0.15) is 0 Å². The van der Waals surface area contributed by atoms with Crippen molar-refractivity contribution in [3.8, 4) is 11.3 Å². The Hall–Kier alpha value is -1.30. The lowest BCUT2D eigenvalue weighted by molar-refractivity contribution is 0.00578. The molecule has 0 radical (unpaired) electrons. The van der Waals surface area contributed by atoms with Crippen molar-refractivity contribution >= 4 is 24.2 Å². The first-order valence-corrected chi connectivity index (χ1v) is 7.67. The lowest BCUT2D eigenvalue weighted by Gasteiger charge is -2.32. The average Bonchev–Trinajstić information content (AvgIpc) is 2.88. The predicted octanol–water partition coefficient (Wildman–Crippen LogP) is 3.60. The van der Waals surface area contributed by atoms with Gasteiger partial charge in [0.05, 0.1) is 21.7 Å². The molecule has 116 valence electrons. The molecule has 4 nitrogen and oxygen atoms in total. The second-order valence-corrected chi connectivity index (χ2v) is 6.98. The smallest absolute Gasteiger partial charge is 0.399 e. The fraction of sp³-hybridized carbons (Fsp3) is 0.438. The summed E-state index contributed by atoms with van der Waals surface area (Å²) in [5.41, 5.74) is 1.44. The van der Waals surface area contributed by atoms with Crippen LogP contribution in [0, 0.1) is 6.92 Å². The summed E-state index contributed by atoms with van der Waals surface area (Å²) in [6.07, 6.45) is 0. The Morgan fingerprint density at radius 3 is 2.23 bits per heavy atom. The molecule has 2 aromatic rings. The first-order chi connectivity index (χ1) is 10.2. The lowest BCUT2D eigenvalue weighted by Crippen LogP contribution is -2.41. The van der Waals surface area contributed by atoms with Gasteiger partial charge in [-0.1, -0.05) is 35.0 Å². The highest BCUT2D eigenvalue weighted by Crippen LogP contribution is 2.38. The van der Waals surface area contributed by atoms with Crippen LogP contribution < -0.4 is 5.46 Å². The van der Waals surface area contributed by atoms with Gasteiger partial charge in [0.15, 0.2) is 0 Å². The molecule has 0 aliphatic carbocycles. The molecule has 3 rings (SSSR count). The third-order valence-corrected chi connectivity index (χ3v) is 4.86. The molecule has 1 aromatic carbocycles. The number of aryl methyl sites for hydroxylation is 1. The molecule has 0 unspecified atom stereocenters. The summed E-state index contributed by atoms with van der Waals surface area (Å²) in [6.45, 7) is 9.93. The van der Waals surface area contributed by atoms with Crippen LogP contribution in [0.3, 0.4) is 0 Å². The third kappa shape index (κ3) is 2.37. The van der Waals surface area contributed by atoms with Gasteiger partial charge in [-0.25, -0.2) is 0 Å². The minimum absolute atomic E-state index is 0.418. The molecule has 1 fully saturated rings. The van der Waals surface area contributed by atoms with Crippen LogP contribution in [0.5, 0.6) is 0 Å². The summed E-state index contributed by atoms with van der Waals surface area (Å²) < 4.78 is 17.6. The SMILES string of the molecule is Cc1onc(-c2ccccc2Cl)c1B1OC(C)(C)C(C)(C)O1. The molecular formula is C16H19BClNO3. The molecule has 0 amide bonds. The van der Waals surface area contributed by atoms with Gasteiger partial charge in [-0.05, 0) is 40.7 Å². The van der Waals surface area contributed by atoms with Gasteiger partial charge in [0.1, 0.15) is 11.5 Å². The van der Waals surface area contributed by atoms with Crippen LogP contribution in [0.25, 0.3) is 11.3 Å². The topological polar surface area (TPSA) is 44.5 Å². The van der Waals surface area contributed by atoms with Crippen molar-refractivity contribution in [1.29, 1.82) is 0 Å². The summed E-state index contributed by atoms with van der Waals surface area (Å²) in [4.78, 5) is 0. The van der Waals surface area contributed by atoms with Crippen LogP contribution in [0.1, 0.15) is 33.5 Å². The van der Waals surface area contributed by atoms with E-state index in [4.69, 9.17) is 25.4 Å². The Bertz CT molecular complexity index is 695. The first-order valence-electron chi connectivity index (χ1n) is 7.29. The van der Waals surface area contributed by atoms with Crippen LogP contribution in [-0.2, 0) is 9.31 Å². The molecule has 0 bridgehead atoms. The van der Waals surface area contributed by atoms with Gasteiger partial charge in [0.25, 0.3) is 0 Å². The van der Waals surface area contributed by atoms with E-state index in [0.717, 1.165) is 11.0 Å². The van der Waals surface area contributed by atoms with Crippen LogP contribution in [0.2, 0.25) is 5.02 Å². The second kappa shape index (κ2) is 5.12. The van der Waals surface area contributed by atoms with E-state index in [2.05, 4.69) is 5.16 Å². The lowest BCUT2D eigenvalue weighted by atomic mass is 9.76. The molecule has 0 N–H and O–H groups in total. The largest absolute Gasteiger partial charge is 0.500 e. The Balaban J connectivity index is 2.07. The van der Waals surface area contributed by atoms with Crippen molar-refractivity contribution in [1.82, 2.24) is 5.16 Å². The van der Waals surface area contributed by atoms with Crippen LogP contribution in [-0.4, -0.2) is 23.5 Å². The molecule has 0 saturated carbocycles. The first kappa shape index (κ1) is 15.6. The Morgan fingerprint density at radius 1 is 1.05 bits per heavy atom. The zero-order valence-electron chi connectivity index (χ0n) is 13.4. The van der Waals surface area contributed by atoms with E-state index in [1.54, 1.807) is 0 Å². The zero-order valence-corrected chi connectivity index (χ0v) is 14.2. The van der Waals surface area contributed by atoms with Gasteiger partial charge in [0, 0.05) is 5.56 Å². The molecule has 22 heavy (non-hydrogen) atoms. The fourth-order valence-electron chi connectivity index (χ4n) is 2.47. The average molecular weight is 320 g/mol. The van der Waals surface area contributed by atoms with E-state index >= 15 is 0 Å². The molecule has 2 heterocycles. The van der Waals surface area contributed by atoms with Crippen molar-refractivity contribution in [2.45, 2.75) is 45.8 Å². The third-order valence-electron chi connectivity index (χ3n) is 4.53. The van der Waals surface area contributed by atoms with Gasteiger partial charge in [-0.15, -0.1) is 0 Å². The Labute approximate surface area is 135 Å². The maximum absolute atomic E-state index is 6.30. The number of rotatable bonds is 2. The highest BCUT2D eigenvalue weighted by molar-refractivity contribution is 6.64. The van der Waals surface area contributed by atoms with E-state index in [-0.39, 0.29) is 0 Å². The minimum atomic E-state index is -0.525. The number of benzene rings is 1. The van der Waals surface area contributed by atoms with E-state index < -0.39 is 18.3 Å². The van der Waals surface area contributed by atoms with Crippen molar-refractivity contribution < 1.29 is 13.8 Å². The molecule has 0 atom stereocenters. The molecule has 1 aromatic heterocycles. The monoisotopic (exact) mass is 319 g/mol. The number of halogens is 1. The zero-order chi connectivity index (χ0) is 16.1. The second-order valence-electron chi connectivity index (χ2n) is 6.57. The van der Waals surface area contributed by atoms with E-state index in [1.807, 2.05) is 58.9 Å². The molecule has 1 aliphatic rings. The summed E-state index contributed by atoms with van der Waals surface area (Å²) in [5, 5.41) is 4.79. The van der Waals surface area contributed by atoms with Crippen molar-refractivity contribution in [3.05, 3.63) is 35.0 Å². The summed E-state index contributed by atoms with van der Waals surface area (Å²) in [7, 11) is -0.525. The number of hydrogen-bond acceptors (Lipinski definition) is 4. The maximum atomic E-state index is 6.30.